The minimum atomic E-state index is -3.54. The Morgan fingerprint density at radius 3 is 2.75 bits per heavy atom. The standard InChI is InChI=1S/C12H21N3O4S/c1-2-3-10(4-5-12(16)17)6-7-15-20(18,19)11-8-13-9-14-11/h8-10,15H,2-7H2,1H3,(H,13,14)(H,16,17). The highest BCUT2D eigenvalue weighted by molar-refractivity contribution is 7.89. The summed E-state index contributed by atoms with van der Waals surface area (Å²) in [6.45, 7) is 2.33. The normalized spacial score (nSPS) is 13.2. The third-order valence-electron chi connectivity index (χ3n) is 3.07. The third kappa shape index (κ3) is 5.70. The van der Waals surface area contributed by atoms with E-state index < -0.39 is 16.0 Å². The molecule has 0 amide bonds. The van der Waals surface area contributed by atoms with E-state index in [0.29, 0.717) is 19.4 Å². The zero-order chi connectivity index (χ0) is 15.0. The number of aliphatic carboxylic acids is 1. The van der Waals surface area contributed by atoms with Crippen LogP contribution in [0.4, 0.5) is 0 Å². The van der Waals surface area contributed by atoms with Gasteiger partial charge < -0.3 is 10.1 Å². The van der Waals surface area contributed by atoms with Gasteiger partial charge in [0.15, 0.2) is 5.03 Å². The van der Waals surface area contributed by atoms with Crippen LogP contribution in [0.3, 0.4) is 0 Å². The molecule has 0 radical (unpaired) electrons. The lowest BCUT2D eigenvalue weighted by Crippen LogP contribution is -2.26. The molecule has 0 bridgehead atoms. The number of carboxylic acids is 1. The Morgan fingerprint density at radius 1 is 1.45 bits per heavy atom. The molecule has 1 unspecified atom stereocenters. The molecule has 7 nitrogen and oxygen atoms in total. The second-order valence-corrected chi connectivity index (χ2v) is 6.42. The predicted octanol–water partition coefficient (Wildman–Crippen LogP) is 1.36. The number of hydrogen-bond acceptors (Lipinski definition) is 4. The van der Waals surface area contributed by atoms with Gasteiger partial charge in [-0.3, -0.25) is 4.79 Å². The molecule has 1 rings (SSSR count). The maximum absolute atomic E-state index is 11.8. The lowest BCUT2D eigenvalue weighted by atomic mass is 9.95. The van der Waals surface area contributed by atoms with Gasteiger partial charge in [0, 0.05) is 13.0 Å². The van der Waals surface area contributed by atoms with Crippen LogP contribution in [0.5, 0.6) is 0 Å². The van der Waals surface area contributed by atoms with Gasteiger partial charge in [0.1, 0.15) is 0 Å². The van der Waals surface area contributed by atoms with E-state index in [0.717, 1.165) is 12.8 Å². The number of nitrogens with one attached hydrogen (secondary N) is 2. The summed E-state index contributed by atoms with van der Waals surface area (Å²) in [5.41, 5.74) is 0. The number of nitrogens with zero attached hydrogens (tertiary/aromatic N) is 1. The van der Waals surface area contributed by atoms with Crippen LogP contribution in [0.15, 0.2) is 17.6 Å². The number of carbonyl (C=O) groups is 1. The van der Waals surface area contributed by atoms with Gasteiger partial charge in [-0.15, -0.1) is 0 Å². The van der Waals surface area contributed by atoms with Crippen LogP contribution in [0, 0.1) is 5.92 Å². The molecular weight excluding hydrogens is 282 g/mol. The summed E-state index contributed by atoms with van der Waals surface area (Å²) in [5, 5.41) is 8.72. The number of H-pyrrole nitrogens is 1. The van der Waals surface area contributed by atoms with E-state index in [-0.39, 0.29) is 17.4 Å². The zero-order valence-electron chi connectivity index (χ0n) is 11.5. The number of carboxylic acid groups (broad SMARTS) is 1. The van der Waals surface area contributed by atoms with Gasteiger partial charge in [-0.05, 0) is 18.8 Å². The largest absolute Gasteiger partial charge is 0.481 e. The molecule has 0 fully saturated rings. The lowest BCUT2D eigenvalue weighted by molar-refractivity contribution is -0.137. The quantitative estimate of drug-likeness (QED) is 0.604. The summed E-state index contributed by atoms with van der Waals surface area (Å²) < 4.78 is 26.1. The average Bonchev–Trinajstić information content (AvgIpc) is 2.90. The van der Waals surface area contributed by atoms with Crippen molar-refractivity contribution < 1.29 is 18.3 Å². The molecule has 0 spiro atoms. The first-order valence-corrected chi connectivity index (χ1v) is 8.14. The van der Waals surface area contributed by atoms with Crippen LogP contribution in [-0.2, 0) is 14.8 Å². The molecule has 0 aliphatic carbocycles. The van der Waals surface area contributed by atoms with Crippen molar-refractivity contribution in [2.75, 3.05) is 6.54 Å². The minimum Gasteiger partial charge on any atom is -0.481 e. The molecule has 3 N–H and O–H groups in total. The fraction of sp³-hybridized carbons (Fsp3) is 0.667. The molecule has 0 aliphatic rings. The second kappa shape index (κ2) is 8.01. The van der Waals surface area contributed by atoms with Gasteiger partial charge in [0.2, 0.25) is 0 Å². The van der Waals surface area contributed by atoms with Gasteiger partial charge in [0.25, 0.3) is 10.0 Å². The van der Waals surface area contributed by atoms with E-state index in [1.807, 2.05) is 6.92 Å². The van der Waals surface area contributed by atoms with Crippen LogP contribution in [0.25, 0.3) is 0 Å². The highest BCUT2D eigenvalue weighted by Crippen LogP contribution is 2.17. The maximum Gasteiger partial charge on any atom is 0.303 e. The SMILES string of the molecule is CCCC(CCNS(=O)(=O)c1cnc[nH]1)CCC(=O)O. The van der Waals surface area contributed by atoms with Crippen LogP contribution < -0.4 is 4.72 Å². The van der Waals surface area contributed by atoms with E-state index in [2.05, 4.69) is 14.7 Å². The third-order valence-corrected chi connectivity index (χ3v) is 4.46. The molecule has 1 atom stereocenters. The summed E-state index contributed by atoms with van der Waals surface area (Å²) in [4.78, 5) is 16.8. The van der Waals surface area contributed by atoms with Crippen molar-refractivity contribution in [2.45, 2.75) is 44.1 Å². The Balaban J connectivity index is 2.41. The summed E-state index contributed by atoms with van der Waals surface area (Å²) in [6.07, 6.45) is 5.75. The molecule has 1 heterocycles. The first kappa shape index (κ1) is 16.6. The number of aromatic nitrogens is 2. The van der Waals surface area contributed by atoms with E-state index in [1.54, 1.807) is 0 Å². The highest BCUT2D eigenvalue weighted by atomic mass is 32.2. The Labute approximate surface area is 118 Å². The Bertz CT molecular complexity index is 499. The molecule has 1 aromatic heterocycles. The van der Waals surface area contributed by atoms with Gasteiger partial charge in [-0.2, -0.15) is 0 Å². The molecular formula is C12H21N3O4S. The lowest BCUT2D eigenvalue weighted by Gasteiger charge is -2.15. The first-order valence-electron chi connectivity index (χ1n) is 6.65. The number of hydrogen-bond donors (Lipinski definition) is 3. The summed E-state index contributed by atoms with van der Waals surface area (Å²) >= 11 is 0. The van der Waals surface area contributed by atoms with Crippen LogP contribution in [0.1, 0.15) is 39.0 Å². The molecule has 0 saturated heterocycles. The van der Waals surface area contributed by atoms with Crippen molar-refractivity contribution in [3.8, 4) is 0 Å². The van der Waals surface area contributed by atoms with Gasteiger partial charge >= 0.3 is 5.97 Å². The van der Waals surface area contributed by atoms with Crippen molar-refractivity contribution >= 4 is 16.0 Å². The van der Waals surface area contributed by atoms with Crippen LogP contribution in [0.2, 0.25) is 0 Å². The first-order chi connectivity index (χ1) is 9.45. The van der Waals surface area contributed by atoms with Gasteiger partial charge in [0.05, 0.1) is 12.5 Å². The monoisotopic (exact) mass is 303 g/mol. The number of sulfonamides is 1. The second-order valence-electron chi connectivity index (χ2n) is 4.69. The van der Waals surface area contributed by atoms with E-state index in [9.17, 15) is 13.2 Å². The van der Waals surface area contributed by atoms with Crippen molar-refractivity contribution in [1.29, 1.82) is 0 Å². The highest BCUT2D eigenvalue weighted by Gasteiger charge is 2.16. The molecule has 20 heavy (non-hydrogen) atoms. The van der Waals surface area contributed by atoms with Crippen LogP contribution in [-0.4, -0.2) is 36.0 Å². The van der Waals surface area contributed by atoms with Gasteiger partial charge in [-0.1, -0.05) is 19.8 Å². The van der Waals surface area contributed by atoms with Crippen LogP contribution >= 0.6 is 0 Å². The molecule has 0 aliphatic heterocycles. The van der Waals surface area contributed by atoms with Gasteiger partial charge in [-0.25, -0.2) is 18.1 Å². The smallest absolute Gasteiger partial charge is 0.303 e. The topological polar surface area (TPSA) is 112 Å². The van der Waals surface area contributed by atoms with E-state index in [4.69, 9.17) is 5.11 Å². The van der Waals surface area contributed by atoms with Crippen molar-refractivity contribution in [3.63, 3.8) is 0 Å². The van der Waals surface area contributed by atoms with E-state index in [1.165, 1.54) is 12.5 Å². The molecule has 1 aromatic rings. The summed E-state index contributed by atoms with van der Waals surface area (Å²) in [7, 11) is -3.54. The molecule has 0 saturated carbocycles. The van der Waals surface area contributed by atoms with E-state index >= 15 is 0 Å². The predicted molar refractivity (Wildman–Crippen MR) is 73.7 cm³/mol. The maximum atomic E-state index is 11.8. The summed E-state index contributed by atoms with van der Waals surface area (Å²) in [6, 6.07) is 0. The number of imidazole rings is 1. The van der Waals surface area contributed by atoms with Crippen molar-refractivity contribution in [1.82, 2.24) is 14.7 Å². The van der Waals surface area contributed by atoms with Crippen molar-refractivity contribution in [3.05, 3.63) is 12.5 Å². The minimum absolute atomic E-state index is 0.0371. The fourth-order valence-electron chi connectivity index (χ4n) is 2.03. The molecule has 0 aromatic carbocycles. The summed E-state index contributed by atoms with van der Waals surface area (Å²) in [5.74, 6) is -0.593. The Kier molecular flexibility index (Phi) is 6.66. The number of aromatic amines is 1. The fourth-order valence-corrected chi connectivity index (χ4v) is 2.98. The van der Waals surface area contributed by atoms with Crippen molar-refractivity contribution in [2.24, 2.45) is 5.92 Å². The molecule has 114 valence electrons. The average molecular weight is 303 g/mol. The Morgan fingerprint density at radius 2 is 2.20 bits per heavy atom. The zero-order valence-corrected chi connectivity index (χ0v) is 12.3. The number of rotatable bonds is 10. The Hall–Kier alpha value is -1.41. The molecule has 8 heteroatoms.